The van der Waals surface area contributed by atoms with Gasteiger partial charge in [-0.3, -0.25) is 0 Å². The van der Waals surface area contributed by atoms with E-state index in [9.17, 15) is 0 Å². The highest BCUT2D eigenvalue weighted by molar-refractivity contribution is 6.72. The molecule has 2 rings (SSSR count). The molecule has 0 N–H and O–H groups in total. The van der Waals surface area contributed by atoms with Crippen LogP contribution >= 0.6 is 0 Å². The molecular formula is C16H32O2Si. The van der Waals surface area contributed by atoms with E-state index in [0.717, 1.165) is 34.8 Å². The van der Waals surface area contributed by atoms with E-state index in [2.05, 4.69) is 27.7 Å². The van der Waals surface area contributed by atoms with Crippen molar-refractivity contribution in [3.8, 4) is 0 Å². The Kier molecular flexibility index (Phi) is 4.79. The van der Waals surface area contributed by atoms with Gasteiger partial charge in [-0.05, 0) is 23.7 Å². The van der Waals surface area contributed by atoms with Gasteiger partial charge in [-0.25, -0.2) is 0 Å². The molecule has 0 spiro atoms. The van der Waals surface area contributed by atoms with Crippen molar-refractivity contribution in [3.05, 3.63) is 0 Å². The van der Waals surface area contributed by atoms with Gasteiger partial charge in [0.15, 0.2) is 0 Å². The molecule has 4 atom stereocenters. The van der Waals surface area contributed by atoms with E-state index < -0.39 is 8.56 Å². The van der Waals surface area contributed by atoms with E-state index in [-0.39, 0.29) is 0 Å². The minimum absolute atomic E-state index is 0.757. The van der Waals surface area contributed by atoms with Crippen molar-refractivity contribution in [2.24, 2.45) is 23.7 Å². The molecule has 2 saturated carbocycles. The van der Waals surface area contributed by atoms with Crippen molar-refractivity contribution in [2.45, 2.75) is 64.5 Å². The maximum absolute atomic E-state index is 6.18. The Bertz CT molecular complexity index is 257. The monoisotopic (exact) mass is 284 g/mol. The second-order valence-electron chi connectivity index (χ2n) is 6.47. The lowest BCUT2D eigenvalue weighted by molar-refractivity contribution is 0.230. The Balaban J connectivity index is 2.20. The van der Waals surface area contributed by atoms with Crippen molar-refractivity contribution < 1.29 is 8.85 Å². The Morgan fingerprint density at radius 1 is 0.632 bits per heavy atom. The van der Waals surface area contributed by atoms with Gasteiger partial charge in [0.25, 0.3) is 0 Å². The fourth-order valence-electron chi connectivity index (χ4n) is 5.16. The van der Waals surface area contributed by atoms with Crippen LogP contribution in [0.25, 0.3) is 0 Å². The molecule has 0 bridgehead atoms. The molecule has 2 nitrogen and oxygen atoms in total. The summed E-state index contributed by atoms with van der Waals surface area (Å²) in [5.41, 5.74) is 1.51. The van der Waals surface area contributed by atoms with Gasteiger partial charge in [0, 0.05) is 25.3 Å². The fraction of sp³-hybridized carbons (Fsp3) is 1.00. The summed E-state index contributed by atoms with van der Waals surface area (Å²) in [7, 11) is 1.83. The van der Waals surface area contributed by atoms with Gasteiger partial charge in [-0.1, -0.05) is 53.4 Å². The SMILES string of the molecule is CCC1C(CC)C1[Si](OC)(OC)C1C(CC)C1CC. The topological polar surface area (TPSA) is 18.5 Å². The first-order valence-electron chi connectivity index (χ1n) is 8.26. The lowest BCUT2D eigenvalue weighted by atomic mass is 10.2. The quantitative estimate of drug-likeness (QED) is 0.607. The third-order valence-electron chi connectivity index (χ3n) is 6.12. The summed E-state index contributed by atoms with van der Waals surface area (Å²) < 4.78 is 12.4. The highest BCUT2D eigenvalue weighted by Crippen LogP contribution is 2.71. The lowest BCUT2D eigenvalue weighted by Crippen LogP contribution is -2.43. The second-order valence-corrected chi connectivity index (χ2v) is 10.1. The zero-order chi connectivity index (χ0) is 14.2. The van der Waals surface area contributed by atoms with Crippen LogP contribution < -0.4 is 0 Å². The Hall–Kier alpha value is 0.137. The average molecular weight is 285 g/mol. The molecule has 19 heavy (non-hydrogen) atoms. The largest absolute Gasteiger partial charge is 0.397 e. The van der Waals surface area contributed by atoms with Crippen LogP contribution in [0.3, 0.4) is 0 Å². The highest BCUT2D eigenvalue weighted by Gasteiger charge is 2.73. The lowest BCUT2D eigenvalue weighted by Gasteiger charge is -2.29. The fourth-order valence-corrected chi connectivity index (χ4v) is 11.0. The minimum Gasteiger partial charge on any atom is -0.397 e. The summed E-state index contributed by atoms with van der Waals surface area (Å²) >= 11 is 0. The van der Waals surface area contributed by atoms with Crippen molar-refractivity contribution in [3.63, 3.8) is 0 Å². The highest BCUT2D eigenvalue weighted by atomic mass is 28.4. The molecule has 0 aliphatic heterocycles. The smallest absolute Gasteiger partial charge is 0.345 e. The van der Waals surface area contributed by atoms with Gasteiger partial charge in [-0.15, -0.1) is 0 Å². The molecule has 0 amide bonds. The predicted molar refractivity (Wildman–Crippen MR) is 82.4 cm³/mol. The van der Waals surface area contributed by atoms with Gasteiger partial charge >= 0.3 is 8.56 Å². The van der Waals surface area contributed by atoms with Crippen molar-refractivity contribution in [1.29, 1.82) is 0 Å². The van der Waals surface area contributed by atoms with Crippen LogP contribution in [0, 0.1) is 23.7 Å². The van der Waals surface area contributed by atoms with E-state index in [1.165, 1.54) is 25.7 Å². The van der Waals surface area contributed by atoms with Crippen molar-refractivity contribution >= 4 is 8.56 Å². The van der Waals surface area contributed by atoms with E-state index >= 15 is 0 Å². The molecule has 0 heterocycles. The van der Waals surface area contributed by atoms with Crippen LogP contribution in [0.1, 0.15) is 53.4 Å². The number of hydrogen-bond acceptors (Lipinski definition) is 2. The molecule has 112 valence electrons. The van der Waals surface area contributed by atoms with Gasteiger partial charge in [0.1, 0.15) is 0 Å². The maximum Gasteiger partial charge on any atom is 0.345 e. The van der Waals surface area contributed by atoms with Crippen LogP contribution in [-0.2, 0) is 8.85 Å². The van der Waals surface area contributed by atoms with Crippen molar-refractivity contribution in [2.75, 3.05) is 14.2 Å². The van der Waals surface area contributed by atoms with Crippen LogP contribution in [0.15, 0.2) is 0 Å². The summed E-state index contributed by atoms with van der Waals surface area (Å²) in [6, 6.07) is 0. The van der Waals surface area contributed by atoms with Gasteiger partial charge in [0.05, 0.1) is 0 Å². The van der Waals surface area contributed by atoms with E-state index in [1.54, 1.807) is 0 Å². The minimum atomic E-state index is -2.01. The van der Waals surface area contributed by atoms with E-state index in [4.69, 9.17) is 8.85 Å². The molecule has 0 aromatic heterocycles. The first-order chi connectivity index (χ1) is 9.16. The first kappa shape index (κ1) is 15.5. The molecule has 2 aliphatic carbocycles. The third-order valence-corrected chi connectivity index (χ3v) is 11.0. The Morgan fingerprint density at radius 2 is 0.895 bits per heavy atom. The summed E-state index contributed by atoms with van der Waals surface area (Å²) in [6.45, 7) is 9.33. The first-order valence-corrected chi connectivity index (χ1v) is 10.2. The molecular weight excluding hydrogens is 252 g/mol. The Morgan fingerprint density at radius 3 is 1.05 bits per heavy atom. The summed E-state index contributed by atoms with van der Waals surface area (Å²) in [5, 5.41) is 0. The molecule has 0 saturated heterocycles. The maximum atomic E-state index is 6.18. The van der Waals surface area contributed by atoms with Crippen LogP contribution in [0.4, 0.5) is 0 Å². The van der Waals surface area contributed by atoms with Crippen LogP contribution in [0.2, 0.25) is 11.1 Å². The normalized spacial score (nSPS) is 41.4. The number of rotatable bonds is 8. The molecule has 0 radical (unpaired) electrons. The zero-order valence-electron chi connectivity index (χ0n) is 13.6. The summed E-state index contributed by atoms with van der Waals surface area (Å²) in [6.07, 6.45) is 5.19. The summed E-state index contributed by atoms with van der Waals surface area (Å²) in [5.74, 6) is 3.47. The molecule has 3 heteroatoms. The molecule has 0 aromatic carbocycles. The second kappa shape index (κ2) is 5.86. The third kappa shape index (κ3) is 2.22. The molecule has 2 fully saturated rings. The van der Waals surface area contributed by atoms with E-state index in [0.29, 0.717) is 0 Å². The predicted octanol–water partition coefficient (Wildman–Crippen LogP) is 4.59. The van der Waals surface area contributed by atoms with Crippen molar-refractivity contribution in [1.82, 2.24) is 0 Å². The standard InChI is InChI=1S/C16H32O2Si/c1-7-11-12(8-2)15(11)19(17-5,18-6)16-13(9-3)14(16)10-4/h11-16H,7-10H2,1-6H3. The van der Waals surface area contributed by atoms with Crippen LogP contribution in [0.5, 0.6) is 0 Å². The number of hydrogen-bond donors (Lipinski definition) is 0. The average Bonchev–Trinajstić information content (AvgIpc) is 3.33. The van der Waals surface area contributed by atoms with Gasteiger partial charge in [-0.2, -0.15) is 0 Å². The molecule has 0 aromatic rings. The zero-order valence-corrected chi connectivity index (χ0v) is 14.6. The van der Waals surface area contributed by atoms with Gasteiger partial charge < -0.3 is 8.85 Å². The molecule has 4 unspecified atom stereocenters. The van der Waals surface area contributed by atoms with Crippen LogP contribution in [-0.4, -0.2) is 22.8 Å². The van der Waals surface area contributed by atoms with E-state index in [1.807, 2.05) is 14.2 Å². The molecule has 2 aliphatic rings. The Labute approximate surface area is 120 Å². The van der Waals surface area contributed by atoms with Gasteiger partial charge in [0.2, 0.25) is 0 Å². The summed E-state index contributed by atoms with van der Waals surface area (Å²) in [4.78, 5) is 0.